The largest absolute Gasteiger partial charge is 0.445 e. The Balaban J connectivity index is 1.51. The summed E-state index contributed by atoms with van der Waals surface area (Å²) in [5, 5.41) is 0. The van der Waals surface area contributed by atoms with E-state index in [4.69, 9.17) is 9.47 Å². The molecule has 6 heteroatoms. The van der Waals surface area contributed by atoms with Crippen LogP contribution < -0.4 is 0 Å². The maximum absolute atomic E-state index is 14.0. The zero-order chi connectivity index (χ0) is 17.9. The first-order valence-corrected chi connectivity index (χ1v) is 8.60. The second-order valence-electron chi connectivity index (χ2n) is 6.44. The lowest BCUT2D eigenvalue weighted by Gasteiger charge is -2.43. The quantitative estimate of drug-likeness (QED) is 0.793. The van der Waals surface area contributed by atoms with Gasteiger partial charge in [0, 0.05) is 11.8 Å². The Kier molecular flexibility index (Phi) is 4.67. The van der Waals surface area contributed by atoms with Crippen LogP contribution in [0.3, 0.4) is 0 Å². The summed E-state index contributed by atoms with van der Waals surface area (Å²) in [4.78, 5) is 18.1. The molecule has 26 heavy (non-hydrogen) atoms. The molecule has 0 aliphatic carbocycles. The van der Waals surface area contributed by atoms with Gasteiger partial charge in [-0.15, -0.1) is 0 Å². The van der Waals surface area contributed by atoms with Gasteiger partial charge in [-0.2, -0.15) is 4.39 Å². The first kappa shape index (κ1) is 16.7. The van der Waals surface area contributed by atoms with Crippen LogP contribution >= 0.6 is 0 Å². The molecule has 3 heterocycles. The standard InChI is InChI=1S/C20H19FN2O3/c21-19-18(7-4-8-22-19)15-9-16-12-25-13-17(10-15)23(16)20(24)26-11-14-5-2-1-3-6-14/h1-9,16-17H,10-13H2. The number of amides is 1. The van der Waals surface area contributed by atoms with Crippen molar-refractivity contribution in [2.75, 3.05) is 13.2 Å². The van der Waals surface area contributed by atoms with E-state index in [0.29, 0.717) is 25.2 Å². The Hall–Kier alpha value is -2.73. The van der Waals surface area contributed by atoms with E-state index >= 15 is 0 Å². The highest BCUT2D eigenvalue weighted by atomic mass is 19.1. The van der Waals surface area contributed by atoms with E-state index in [1.807, 2.05) is 36.4 Å². The van der Waals surface area contributed by atoms with Crippen LogP contribution in [-0.2, 0) is 16.1 Å². The third kappa shape index (κ3) is 3.32. The number of nitrogens with zero attached hydrogens (tertiary/aromatic N) is 2. The van der Waals surface area contributed by atoms with E-state index in [9.17, 15) is 9.18 Å². The molecule has 1 fully saturated rings. The molecule has 2 unspecified atom stereocenters. The normalized spacial score (nSPS) is 21.9. The second-order valence-corrected chi connectivity index (χ2v) is 6.44. The summed E-state index contributed by atoms with van der Waals surface area (Å²) >= 11 is 0. The number of benzene rings is 1. The number of rotatable bonds is 3. The summed E-state index contributed by atoms with van der Waals surface area (Å²) in [6, 6.07) is 12.6. The number of morpholine rings is 1. The summed E-state index contributed by atoms with van der Waals surface area (Å²) in [6.07, 6.45) is 3.47. The van der Waals surface area contributed by atoms with E-state index < -0.39 is 5.95 Å². The molecule has 1 saturated heterocycles. The number of carbonyl (C=O) groups excluding carboxylic acids is 1. The van der Waals surface area contributed by atoms with Crippen LogP contribution in [-0.4, -0.2) is 41.3 Å². The number of ether oxygens (including phenoxy) is 2. The van der Waals surface area contributed by atoms with Crippen molar-refractivity contribution >= 4 is 11.7 Å². The van der Waals surface area contributed by atoms with E-state index in [0.717, 1.165) is 11.1 Å². The fraction of sp³-hybridized carbons (Fsp3) is 0.300. The topological polar surface area (TPSA) is 51.7 Å². The number of pyridine rings is 1. The molecule has 2 aromatic rings. The minimum Gasteiger partial charge on any atom is -0.445 e. The van der Waals surface area contributed by atoms with Gasteiger partial charge in [0.2, 0.25) is 5.95 Å². The van der Waals surface area contributed by atoms with Crippen LogP contribution in [0.1, 0.15) is 17.5 Å². The number of halogens is 1. The Morgan fingerprint density at radius 2 is 2.08 bits per heavy atom. The minimum atomic E-state index is -0.488. The Bertz CT molecular complexity index is 825. The molecular weight excluding hydrogens is 335 g/mol. The predicted octanol–water partition coefficient (Wildman–Crippen LogP) is 3.41. The zero-order valence-electron chi connectivity index (χ0n) is 14.2. The number of carbonyl (C=O) groups is 1. The zero-order valence-corrected chi connectivity index (χ0v) is 14.2. The van der Waals surface area contributed by atoms with Crippen molar-refractivity contribution in [1.29, 1.82) is 0 Å². The summed E-state index contributed by atoms with van der Waals surface area (Å²) in [6.45, 7) is 1.02. The van der Waals surface area contributed by atoms with E-state index in [1.165, 1.54) is 6.20 Å². The van der Waals surface area contributed by atoms with Gasteiger partial charge in [0.05, 0.1) is 25.3 Å². The van der Waals surface area contributed by atoms with Gasteiger partial charge < -0.3 is 9.47 Å². The summed E-state index contributed by atoms with van der Waals surface area (Å²) < 4.78 is 25.1. The summed E-state index contributed by atoms with van der Waals surface area (Å²) in [5.41, 5.74) is 2.29. The minimum absolute atomic E-state index is 0.170. The molecule has 1 amide bonds. The van der Waals surface area contributed by atoms with Gasteiger partial charge in [0.25, 0.3) is 0 Å². The van der Waals surface area contributed by atoms with Gasteiger partial charge in [0.15, 0.2) is 0 Å². The molecule has 1 aromatic heterocycles. The average Bonchev–Trinajstić information content (AvgIpc) is 2.66. The molecule has 134 valence electrons. The van der Waals surface area contributed by atoms with Crippen molar-refractivity contribution < 1.29 is 18.7 Å². The summed E-state index contributed by atoms with van der Waals surface area (Å²) in [7, 11) is 0. The van der Waals surface area contributed by atoms with Gasteiger partial charge in [-0.1, -0.05) is 36.4 Å². The van der Waals surface area contributed by atoms with Gasteiger partial charge in [-0.25, -0.2) is 9.78 Å². The Morgan fingerprint density at radius 3 is 2.85 bits per heavy atom. The molecule has 1 aromatic carbocycles. The lowest BCUT2D eigenvalue weighted by Crippen LogP contribution is -2.56. The van der Waals surface area contributed by atoms with Crippen molar-refractivity contribution in [2.45, 2.75) is 25.1 Å². The van der Waals surface area contributed by atoms with Crippen LogP contribution in [0.15, 0.2) is 54.7 Å². The molecular formula is C20H19FN2O3. The highest BCUT2D eigenvalue weighted by Crippen LogP contribution is 2.33. The van der Waals surface area contributed by atoms with Gasteiger partial charge in [-0.3, -0.25) is 4.90 Å². The molecule has 0 N–H and O–H groups in total. The number of hydrogen-bond donors (Lipinski definition) is 0. The summed E-state index contributed by atoms with van der Waals surface area (Å²) in [5.74, 6) is -0.488. The lowest BCUT2D eigenvalue weighted by molar-refractivity contribution is -0.0342. The van der Waals surface area contributed by atoms with Crippen molar-refractivity contribution in [3.63, 3.8) is 0 Å². The van der Waals surface area contributed by atoms with Crippen LogP contribution in [0, 0.1) is 5.95 Å². The highest BCUT2D eigenvalue weighted by molar-refractivity contribution is 5.74. The first-order chi connectivity index (χ1) is 12.7. The van der Waals surface area contributed by atoms with E-state index in [-0.39, 0.29) is 24.8 Å². The molecule has 0 saturated carbocycles. The predicted molar refractivity (Wildman–Crippen MR) is 93.7 cm³/mol. The van der Waals surface area contributed by atoms with Crippen molar-refractivity contribution in [3.8, 4) is 0 Å². The van der Waals surface area contributed by atoms with Crippen LogP contribution in [0.2, 0.25) is 0 Å². The highest BCUT2D eigenvalue weighted by Gasteiger charge is 2.39. The Morgan fingerprint density at radius 1 is 1.23 bits per heavy atom. The molecule has 4 rings (SSSR count). The molecule has 0 spiro atoms. The number of fused-ring (bicyclic) bond motifs is 2. The van der Waals surface area contributed by atoms with Crippen LogP contribution in [0.4, 0.5) is 9.18 Å². The fourth-order valence-corrected chi connectivity index (χ4v) is 3.50. The lowest BCUT2D eigenvalue weighted by atomic mass is 9.90. The fourth-order valence-electron chi connectivity index (χ4n) is 3.50. The third-order valence-electron chi connectivity index (χ3n) is 4.72. The van der Waals surface area contributed by atoms with Crippen molar-refractivity contribution in [1.82, 2.24) is 9.88 Å². The molecule has 2 aliphatic rings. The average molecular weight is 354 g/mol. The smallest absolute Gasteiger partial charge is 0.411 e. The van der Waals surface area contributed by atoms with Crippen LogP contribution in [0.5, 0.6) is 0 Å². The first-order valence-electron chi connectivity index (χ1n) is 8.60. The Labute approximate surface area is 151 Å². The second kappa shape index (κ2) is 7.25. The molecule has 0 radical (unpaired) electrons. The van der Waals surface area contributed by atoms with E-state index in [1.54, 1.807) is 17.0 Å². The van der Waals surface area contributed by atoms with Crippen LogP contribution in [0.25, 0.3) is 5.57 Å². The SMILES string of the molecule is O=C(OCc1ccccc1)N1C2C=C(c3cccnc3F)CC1COC2. The monoisotopic (exact) mass is 354 g/mol. The van der Waals surface area contributed by atoms with Crippen molar-refractivity contribution in [3.05, 3.63) is 71.8 Å². The van der Waals surface area contributed by atoms with Gasteiger partial charge in [0.1, 0.15) is 6.61 Å². The van der Waals surface area contributed by atoms with Crippen molar-refractivity contribution in [2.24, 2.45) is 0 Å². The molecule has 5 nitrogen and oxygen atoms in total. The number of hydrogen-bond acceptors (Lipinski definition) is 4. The third-order valence-corrected chi connectivity index (χ3v) is 4.72. The maximum atomic E-state index is 14.0. The van der Waals surface area contributed by atoms with Gasteiger partial charge in [-0.05, 0) is 29.7 Å². The maximum Gasteiger partial charge on any atom is 0.411 e. The van der Waals surface area contributed by atoms with E-state index in [2.05, 4.69) is 4.98 Å². The van der Waals surface area contributed by atoms with Gasteiger partial charge >= 0.3 is 6.09 Å². The molecule has 2 aliphatic heterocycles. The number of aromatic nitrogens is 1. The molecule has 2 bridgehead atoms. The molecule has 2 atom stereocenters.